The van der Waals surface area contributed by atoms with Gasteiger partial charge < -0.3 is 24.7 Å². The predicted octanol–water partition coefficient (Wildman–Crippen LogP) is 1.20. The van der Waals surface area contributed by atoms with E-state index in [1.54, 1.807) is 0 Å². The van der Waals surface area contributed by atoms with Crippen LogP contribution in [-0.4, -0.2) is 29.8 Å². The number of aliphatic hydroxyl groups is 1. The molecule has 0 bridgehead atoms. The first kappa shape index (κ1) is 16.3. The monoisotopic (exact) mass is 302 g/mol. The van der Waals surface area contributed by atoms with Gasteiger partial charge in [0, 0.05) is 6.42 Å². The highest BCUT2D eigenvalue weighted by molar-refractivity contribution is 7.72. The third-order valence-electron chi connectivity index (χ3n) is 3.63. The van der Waals surface area contributed by atoms with Crippen molar-refractivity contribution >= 4 is 15.2 Å². The van der Waals surface area contributed by atoms with Crippen LogP contribution in [0, 0.1) is 11.8 Å². The van der Waals surface area contributed by atoms with Crippen LogP contribution in [0.15, 0.2) is 0 Å². The molecular weight excluding hydrogens is 282 g/mol. The molecule has 0 unspecified atom stereocenters. The van der Waals surface area contributed by atoms with E-state index in [9.17, 15) is 14.2 Å². The van der Waals surface area contributed by atoms with E-state index in [0.717, 1.165) is 12.8 Å². The second-order valence-electron chi connectivity index (χ2n) is 5.19. The molecule has 1 fully saturated rings. The molecule has 5 N–H and O–H groups in total. The van der Waals surface area contributed by atoms with Gasteiger partial charge in [0.05, 0.1) is 0 Å². The summed E-state index contributed by atoms with van der Waals surface area (Å²) in [5.74, 6) is 0.228. The van der Waals surface area contributed by atoms with Crippen molar-refractivity contribution in [1.29, 1.82) is 0 Å². The summed E-state index contributed by atoms with van der Waals surface area (Å²) in [4.78, 5) is 36.1. The van der Waals surface area contributed by atoms with Gasteiger partial charge in [0.15, 0.2) is 0 Å². The molecule has 7 nitrogen and oxygen atoms in total. The molecule has 9 heteroatoms. The molecule has 1 aliphatic carbocycles. The Morgan fingerprint density at radius 2 is 1.39 bits per heavy atom. The molecule has 0 aromatic carbocycles. The van der Waals surface area contributed by atoms with E-state index in [-0.39, 0.29) is 5.92 Å². The maximum Gasteiger partial charge on any atom is 0.369 e. The molecule has 0 aromatic rings. The first-order valence-corrected chi connectivity index (χ1v) is 9.03. The summed E-state index contributed by atoms with van der Waals surface area (Å²) in [6.45, 7) is 2.05. The van der Waals surface area contributed by atoms with Crippen LogP contribution >= 0.6 is 15.2 Å². The summed E-state index contributed by atoms with van der Waals surface area (Å²) in [5, 5.41) is 6.53. The highest BCUT2D eigenvalue weighted by Gasteiger charge is 2.59. The molecule has 0 heterocycles. The molecule has 0 amide bonds. The smallest absolute Gasteiger partial charge is 0.368 e. The lowest BCUT2D eigenvalue weighted by Gasteiger charge is -2.35. The van der Waals surface area contributed by atoms with Crippen molar-refractivity contribution in [3.8, 4) is 0 Å². The van der Waals surface area contributed by atoms with Gasteiger partial charge in [-0.1, -0.05) is 32.6 Å². The van der Waals surface area contributed by atoms with Gasteiger partial charge in [-0.05, 0) is 11.8 Å². The Morgan fingerprint density at radius 3 is 1.72 bits per heavy atom. The van der Waals surface area contributed by atoms with Gasteiger partial charge in [0.1, 0.15) is 0 Å². The van der Waals surface area contributed by atoms with Crippen molar-refractivity contribution in [2.24, 2.45) is 11.8 Å². The average Bonchev–Trinajstić information content (AvgIpc) is 2.18. The summed E-state index contributed by atoms with van der Waals surface area (Å²) in [6.07, 6.45) is 2.34. The van der Waals surface area contributed by atoms with E-state index in [4.69, 9.17) is 19.6 Å². The number of hydrogen-bond donors (Lipinski definition) is 5. The maximum absolute atomic E-state index is 11.2. The van der Waals surface area contributed by atoms with Crippen LogP contribution in [0.4, 0.5) is 0 Å². The lowest BCUT2D eigenvalue weighted by Crippen LogP contribution is -2.32. The van der Waals surface area contributed by atoms with Gasteiger partial charge in [-0.3, -0.25) is 9.13 Å². The summed E-state index contributed by atoms with van der Waals surface area (Å²) >= 11 is 0. The molecule has 0 radical (unpaired) electrons. The molecule has 0 spiro atoms. The van der Waals surface area contributed by atoms with Crippen LogP contribution in [0.2, 0.25) is 0 Å². The first-order valence-electron chi connectivity index (χ1n) is 5.81. The Bertz CT molecular complexity index is 354. The first-order chi connectivity index (χ1) is 7.97. The topological polar surface area (TPSA) is 135 Å². The van der Waals surface area contributed by atoms with E-state index >= 15 is 0 Å². The van der Waals surface area contributed by atoms with Gasteiger partial charge in [0.2, 0.25) is 0 Å². The van der Waals surface area contributed by atoms with E-state index in [0.29, 0.717) is 18.8 Å². The van der Waals surface area contributed by atoms with Crippen LogP contribution < -0.4 is 0 Å². The van der Waals surface area contributed by atoms with Gasteiger partial charge in [-0.15, -0.1) is 0 Å². The lowest BCUT2D eigenvalue weighted by molar-refractivity contribution is 0.0948. The average molecular weight is 302 g/mol. The zero-order chi connectivity index (χ0) is 14.2. The largest absolute Gasteiger partial charge is 0.369 e. The Morgan fingerprint density at radius 1 is 1.00 bits per heavy atom. The van der Waals surface area contributed by atoms with Crippen molar-refractivity contribution in [2.75, 3.05) is 0 Å². The van der Waals surface area contributed by atoms with Crippen molar-refractivity contribution in [3.63, 3.8) is 0 Å². The second kappa shape index (κ2) is 5.33. The fourth-order valence-electron chi connectivity index (χ4n) is 2.33. The fraction of sp³-hybridized carbons (Fsp3) is 1.00. The summed E-state index contributed by atoms with van der Waals surface area (Å²) in [6, 6.07) is 0. The minimum atomic E-state index is -5.30. The van der Waals surface area contributed by atoms with Crippen LogP contribution in [0.25, 0.3) is 0 Å². The van der Waals surface area contributed by atoms with Crippen LogP contribution in [-0.2, 0) is 9.13 Å². The van der Waals surface area contributed by atoms with Crippen LogP contribution in [0.3, 0.4) is 0 Å². The summed E-state index contributed by atoms with van der Waals surface area (Å²) in [5.41, 5.74) is 0. The van der Waals surface area contributed by atoms with E-state index < -0.39 is 26.7 Å². The minimum Gasteiger partial charge on any atom is -0.368 e. The highest BCUT2D eigenvalue weighted by Crippen LogP contribution is 2.70. The predicted molar refractivity (Wildman–Crippen MR) is 64.8 cm³/mol. The molecule has 1 saturated carbocycles. The van der Waals surface area contributed by atoms with E-state index in [1.165, 1.54) is 0 Å². The highest BCUT2D eigenvalue weighted by atomic mass is 31.2. The normalized spacial score (nSPS) is 27.2. The molecule has 1 aliphatic rings. The Hall–Kier alpha value is 0.260. The van der Waals surface area contributed by atoms with Crippen LogP contribution in [0.1, 0.15) is 39.0 Å². The Kier molecular flexibility index (Phi) is 4.83. The second-order valence-corrected chi connectivity index (χ2v) is 9.20. The maximum atomic E-state index is 11.2. The third-order valence-corrected chi connectivity index (χ3v) is 7.43. The van der Waals surface area contributed by atoms with Crippen molar-refractivity contribution in [3.05, 3.63) is 0 Å². The summed E-state index contributed by atoms with van der Waals surface area (Å²) in [7, 11) is -10.6. The molecule has 0 aromatic heterocycles. The summed E-state index contributed by atoms with van der Waals surface area (Å²) < 4.78 is 22.4. The molecule has 0 atom stereocenters. The van der Waals surface area contributed by atoms with E-state index in [1.807, 2.05) is 6.92 Å². The molecule has 0 saturated heterocycles. The molecular formula is C9H20O7P2. The van der Waals surface area contributed by atoms with Crippen molar-refractivity contribution < 1.29 is 33.8 Å². The zero-order valence-electron chi connectivity index (χ0n) is 10.1. The fourth-order valence-corrected chi connectivity index (χ4v) is 4.68. The van der Waals surface area contributed by atoms with Crippen molar-refractivity contribution in [2.45, 2.75) is 44.1 Å². The van der Waals surface area contributed by atoms with Gasteiger partial charge >= 0.3 is 15.2 Å². The third kappa shape index (κ3) is 3.42. The number of hydrogen-bond acceptors (Lipinski definition) is 3. The standard InChI is InChI=1S/C9H20O7P2/c1-7-2-4-8(5-3-7)6-9(10,17(11,12)13)18(14,15)16/h7-8,10H,2-6H2,1H3,(H2,11,12,13)(H2,14,15,16)/t7-,8-. The van der Waals surface area contributed by atoms with Gasteiger partial charge in [0.25, 0.3) is 5.08 Å². The lowest BCUT2D eigenvalue weighted by atomic mass is 9.81. The minimum absolute atomic E-state index is 0.272. The molecule has 0 aliphatic heterocycles. The van der Waals surface area contributed by atoms with Crippen molar-refractivity contribution in [1.82, 2.24) is 0 Å². The molecule has 18 heavy (non-hydrogen) atoms. The van der Waals surface area contributed by atoms with E-state index in [2.05, 4.69) is 0 Å². The Labute approximate surface area is 106 Å². The molecule has 108 valence electrons. The SMILES string of the molecule is C[C@H]1CC[C@H](CC(O)(P(=O)(O)O)P(=O)(O)O)CC1. The Balaban J connectivity index is 2.88. The quantitative estimate of drug-likeness (QED) is 0.492. The molecule has 1 rings (SSSR count). The van der Waals surface area contributed by atoms with Crippen LogP contribution in [0.5, 0.6) is 0 Å². The zero-order valence-corrected chi connectivity index (χ0v) is 11.9. The number of rotatable bonds is 4. The van der Waals surface area contributed by atoms with Gasteiger partial charge in [-0.2, -0.15) is 0 Å². The van der Waals surface area contributed by atoms with Gasteiger partial charge in [-0.25, -0.2) is 0 Å².